The molecular weight excluding hydrogens is 330 g/mol. The predicted molar refractivity (Wildman–Crippen MR) is 81.2 cm³/mol. The van der Waals surface area contributed by atoms with Crippen molar-refractivity contribution in [2.75, 3.05) is 17.7 Å². The zero-order chi connectivity index (χ0) is 17.9. The van der Waals surface area contributed by atoms with Crippen LogP contribution in [0.4, 0.5) is 17.1 Å². The summed E-state index contributed by atoms with van der Waals surface area (Å²) in [5.41, 5.74) is -2.12. The van der Waals surface area contributed by atoms with Crippen LogP contribution in [0.15, 0.2) is 17.0 Å². The minimum Gasteiger partial charge on any atom is -0.301 e. The normalized spacial score (nSPS) is 11.1. The molecule has 0 saturated heterocycles. The Morgan fingerprint density at radius 3 is 1.83 bits per heavy atom. The fourth-order valence-electron chi connectivity index (χ4n) is 2.00. The molecule has 0 aliphatic rings. The van der Waals surface area contributed by atoms with Crippen molar-refractivity contribution in [2.45, 2.75) is 25.2 Å². The molecular formula is C12H15N3O7S. The Hall–Kier alpha value is -2.56. The Balaban J connectivity index is 3.89. The number of anilines is 1. The first-order valence-electron chi connectivity index (χ1n) is 6.51. The fraction of sp³-hybridized carbons (Fsp3) is 0.417. The summed E-state index contributed by atoms with van der Waals surface area (Å²) >= 11 is 0. The zero-order valence-corrected chi connectivity index (χ0v) is 13.5. The third kappa shape index (κ3) is 3.80. The molecule has 126 valence electrons. The van der Waals surface area contributed by atoms with E-state index in [0.717, 1.165) is 23.3 Å². The van der Waals surface area contributed by atoms with Crippen LogP contribution < -0.4 is 4.90 Å². The molecule has 1 aromatic carbocycles. The van der Waals surface area contributed by atoms with E-state index in [1.54, 1.807) is 0 Å². The molecule has 0 bridgehead atoms. The number of hydrogen-bond acceptors (Lipinski definition) is 7. The molecule has 0 aromatic heterocycles. The number of hydrogen-bond donors (Lipinski definition) is 0. The van der Waals surface area contributed by atoms with Crippen molar-refractivity contribution in [3.8, 4) is 0 Å². The van der Waals surface area contributed by atoms with E-state index in [0.29, 0.717) is 0 Å². The second-order valence-corrected chi connectivity index (χ2v) is 6.60. The summed E-state index contributed by atoms with van der Waals surface area (Å²) in [5, 5.41) is 22.5. The Bertz CT molecular complexity index is 738. The third-order valence-electron chi connectivity index (χ3n) is 3.05. The highest BCUT2D eigenvalue weighted by molar-refractivity contribution is 7.90. The van der Waals surface area contributed by atoms with E-state index in [2.05, 4.69) is 0 Å². The molecule has 0 N–H and O–H groups in total. The summed E-state index contributed by atoms with van der Waals surface area (Å²) in [7, 11) is -3.90. The number of rotatable bonds is 6. The van der Waals surface area contributed by atoms with E-state index in [-0.39, 0.29) is 13.0 Å². The maximum absolute atomic E-state index is 11.9. The highest BCUT2D eigenvalue weighted by Gasteiger charge is 2.34. The zero-order valence-electron chi connectivity index (χ0n) is 12.7. The minimum atomic E-state index is -3.90. The van der Waals surface area contributed by atoms with Gasteiger partial charge in [0.05, 0.1) is 14.7 Å². The van der Waals surface area contributed by atoms with Gasteiger partial charge < -0.3 is 4.90 Å². The van der Waals surface area contributed by atoms with Crippen LogP contribution in [0.25, 0.3) is 0 Å². The lowest BCUT2D eigenvalue weighted by Gasteiger charge is -2.20. The monoisotopic (exact) mass is 345 g/mol. The van der Waals surface area contributed by atoms with Crippen molar-refractivity contribution < 1.29 is 23.1 Å². The Morgan fingerprint density at radius 1 is 1.13 bits per heavy atom. The summed E-state index contributed by atoms with van der Waals surface area (Å²) in [5.74, 6) is -0.550. The smallest absolute Gasteiger partial charge is 0.301 e. The van der Waals surface area contributed by atoms with Crippen LogP contribution in [0.2, 0.25) is 0 Å². The van der Waals surface area contributed by atoms with Gasteiger partial charge in [-0.1, -0.05) is 6.92 Å². The van der Waals surface area contributed by atoms with E-state index in [4.69, 9.17) is 0 Å². The molecule has 0 spiro atoms. The maximum atomic E-state index is 11.9. The number of benzene rings is 1. The van der Waals surface area contributed by atoms with Crippen molar-refractivity contribution in [3.05, 3.63) is 32.4 Å². The first-order chi connectivity index (χ1) is 10.5. The largest absolute Gasteiger partial charge is 0.301 e. The van der Waals surface area contributed by atoms with Crippen LogP contribution >= 0.6 is 0 Å². The molecule has 1 amide bonds. The van der Waals surface area contributed by atoms with E-state index in [1.807, 2.05) is 0 Å². The van der Waals surface area contributed by atoms with Crippen LogP contribution in [-0.4, -0.2) is 37.0 Å². The molecule has 1 rings (SSSR count). The van der Waals surface area contributed by atoms with E-state index >= 15 is 0 Å². The Labute approximate surface area is 131 Å². The number of carbonyl (C=O) groups excluding carboxylic acids is 1. The average molecular weight is 345 g/mol. The van der Waals surface area contributed by atoms with Gasteiger partial charge in [-0.05, 0) is 6.92 Å². The van der Waals surface area contributed by atoms with Crippen LogP contribution in [0.3, 0.4) is 0 Å². The molecule has 0 aliphatic carbocycles. The molecule has 1 aromatic rings. The van der Waals surface area contributed by atoms with Crippen molar-refractivity contribution in [3.63, 3.8) is 0 Å². The van der Waals surface area contributed by atoms with Gasteiger partial charge in [0.1, 0.15) is 0 Å². The van der Waals surface area contributed by atoms with Crippen molar-refractivity contribution in [1.29, 1.82) is 0 Å². The van der Waals surface area contributed by atoms with Crippen LogP contribution in [0.5, 0.6) is 0 Å². The molecule has 0 fully saturated rings. The third-order valence-corrected chi connectivity index (χ3v) is 4.15. The quantitative estimate of drug-likeness (QED) is 0.564. The highest BCUT2D eigenvalue weighted by atomic mass is 32.2. The molecule has 0 radical (unpaired) electrons. The van der Waals surface area contributed by atoms with E-state index in [9.17, 15) is 33.4 Å². The summed E-state index contributed by atoms with van der Waals surface area (Å²) < 4.78 is 23.2. The van der Waals surface area contributed by atoms with E-state index < -0.39 is 47.5 Å². The molecule has 11 heteroatoms. The van der Waals surface area contributed by atoms with Crippen molar-refractivity contribution >= 4 is 32.8 Å². The van der Waals surface area contributed by atoms with Gasteiger partial charge in [-0.25, -0.2) is 8.42 Å². The lowest BCUT2D eigenvalue weighted by molar-refractivity contribution is -0.393. The number of nitrogens with zero attached hydrogens (tertiary/aromatic N) is 3. The summed E-state index contributed by atoms with van der Waals surface area (Å²) in [4.78, 5) is 32.9. The van der Waals surface area contributed by atoms with E-state index in [1.165, 1.54) is 13.8 Å². The highest BCUT2D eigenvalue weighted by Crippen LogP contribution is 2.40. The SMILES string of the molecule is CCC(=O)N(CC)c1c([N+](=O)[O-])cc(S(C)(=O)=O)cc1[N+](=O)[O-]. The number of nitro groups is 2. The number of sulfone groups is 1. The Morgan fingerprint density at radius 2 is 1.57 bits per heavy atom. The van der Waals surface area contributed by atoms with Gasteiger partial charge in [0, 0.05) is 31.4 Å². The number of carbonyl (C=O) groups is 1. The molecule has 0 heterocycles. The van der Waals surface area contributed by atoms with Crippen molar-refractivity contribution in [1.82, 2.24) is 0 Å². The van der Waals surface area contributed by atoms with Gasteiger partial charge in [-0.2, -0.15) is 0 Å². The fourth-order valence-corrected chi connectivity index (χ4v) is 2.65. The minimum absolute atomic E-state index is 0.0179. The number of amides is 1. The van der Waals surface area contributed by atoms with Crippen LogP contribution in [0.1, 0.15) is 20.3 Å². The molecule has 0 unspecified atom stereocenters. The molecule has 0 saturated carbocycles. The second-order valence-electron chi connectivity index (χ2n) is 4.59. The van der Waals surface area contributed by atoms with Gasteiger partial charge in [0.2, 0.25) is 11.6 Å². The van der Waals surface area contributed by atoms with Crippen molar-refractivity contribution in [2.24, 2.45) is 0 Å². The number of nitro benzene ring substituents is 2. The summed E-state index contributed by atoms with van der Waals surface area (Å²) in [6, 6.07) is 1.45. The maximum Gasteiger partial charge on any atom is 0.301 e. The topological polar surface area (TPSA) is 141 Å². The molecule has 0 atom stereocenters. The average Bonchev–Trinajstić information content (AvgIpc) is 2.45. The summed E-state index contributed by atoms with van der Waals surface area (Å²) in [6.07, 6.45) is 0.764. The summed E-state index contributed by atoms with van der Waals surface area (Å²) in [6.45, 7) is 2.98. The van der Waals surface area contributed by atoms with Gasteiger partial charge >= 0.3 is 11.4 Å². The van der Waals surface area contributed by atoms with Gasteiger partial charge in [-0.15, -0.1) is 0 Å². The van der Waals surface area contributed by atoms with Crippen LogP contribution in [-0.2, 0) is 14.6 Å². The lowest BCUT2D eigenvalue weighted by atomic mass is 10.2. The van der Waals surface area contributed by atoms with Crippen LogP contribution in [0, 0.1) is 20.2 Å². The molecule has 10 nitrogen and oxygen atoms in total. The predicted octanol–water partition coefficient (Wildman–Crippen LogP) is 1.67. The first kappa shape index (κ1) is 18.5. The second kappa shape index (κ2) is 6.69. The van der Waals surface area contributed by atoms with Gasteiger partial charge in [0.25, 0.3) is 0 Å². The Kier molecular flexibility index (Phi) is 5.38. The first-order valence-corrected chi connectivity index (χ1v) is 8.40. The standard InChI is InChI=1S/C12H15N3O7S/c1-4-11(16)13(5-2)12-9(14(17)18)6-8(23(3,21)22)7-10(12)15(19)20/h6-7H,4-5H2,1-3H3. The lowest BCUT2D eigenvalue weighted by Crippen LogP contribution is -2.31. The molecule has 23 heavy (non-hydrogen) atoms. The molecule has 0 aliphatic heterocycles. The van der Waals surface area contributed by atoms with Gasteiger partial charge in [0.15, 0.2) is 9.84 Å². The van der Waals surface area contributed by atoms with Gasteiger partial charge in [-0.3, -0.25) is 25.0 Å².